The first kappa shape index (κ1) is 16.9. The summed E-state index contributed by atoms with van der Waals surface area (Å²) in [7, 11) is 0.360. The second-order valence-corrected chi connectivity index (χ2v) is 8.04. The van der Waals surface area contributed by atoms with Gasteiger partial charge in [0, 0.05) is 26.2 Å². The molecule has 7 heteroatoms. The maximum Gasteiger partial charge on any atom is 0.243 e. The van der Waals surface area contributed by atoms with Crippen molar-refractivity contribution in [2.24, 2.45) is 0 Å². The molecule has 0 spiro atoms. The van der Waals surface area contributed by atoms with Gasteiger partial charge in [0.2, 0.25) is 10.0 Å². The molecule has 2 heterocycles. The molecule has 0 saturated carbocycles. The van der Waals surface area contributed by atoms with E-state index in [1.807, 2.05) is 38.1 Å². The van der Waals surface area contributed by atoms with Crippen LogP contribution in [0.15, 0.2) is 35.5 Å². The van der Waals surface area contributed by atoms with Crippen LogP contribution in [0.1, 0.15) is 23.7 Å². The van der Waals surface area contributed by atoms with Crippen molar-refractivity contribution in [1.29, 1.82) is 0 Å². The van der Waals surface area contributed by atoms with E-state index in [9.17, 15) is 8.42 Å². The molecule has 1 aliphatic rings. The minimum atomic E-state index is -3.50. The molecule has 0 fully saturated rings. The maximum absolute atomic E-state index is 12.9. The van der Waals surface area contributed by atoms with E-state index in [1.54, 1.807) is 12.1 Å². The first-order chi connectivity index (χ1) is 11.4. The van der Waals surface area contributed by atoms with Crippen LogP contribution in [0, 0.1) is 0 Å². The molecule has 0 aliphatic carbocycles. The number of anilines is 1. The average molecular weight is 346 g/mol. The zero-order chi connectivity index (χ0) is 17.3. The highest BCUT2D eigenvalue weighted by molar-refractivity contribution is 7.89. The van der Waals surface area contributed by atoms with Crippen LogP contribution in [-0.2, 0) is 29.4 Å². The lowest BCUT2D eigenvalue weighted by Gasteiger charge is -2.29. The SMILES string of the molecule is CCc1ccc(S(=O)(=O)N2CCc3c(ncnc3N(C)C)C2)cc1. The molecule has 2 aromatic rings. The number of benzene rings is 1. The second kappa shape index (κ2) is 6.49. The Bertz CT molecular complexity index is 832. The summed E-state index contributed by atoms with van der Waals surface area (Å²) in [5, 5.41) is 0. The Morgan fingerprint density at radius 1 is 1.17 bits per heavy atom. The van der Waals surface area contributed by atoms with Gasteiger partial charge in [0.05, 0.1) is 17.1 Å². The van der Waals surface area contributed by atoms with Crippen LogP contribution in [0.2, 0.25) is 0 Å². The molecule has 0 amide bonds. The van der Waals surface area contributed by atoms with Crippen LogP contribution in [-0.4, -0.2) is 43.3 Å². The van der Waals surface area contributed by atoms with E-state index in [1.165, 1.54) is 10.6 Å². The largest absolute Gasteiger partial charge is 0.362 e. The van der Waals surface area contributed by atoms with Gasteiger partial charge in [-0.15, -0.1) is 0 Å². The summed E-state index contributed by atoms with van der Waals surface area (Å²) in [5.41, 5.74) is 2.95. The average Bonchev–Trinajstić information content (AvgIpc) is 2.60. The van der Waals surface area contributed by atoms with Crippen LogP contribution in [0.3, 0.4) is 0 Å². The van der Waals surface area contributed by atoms with Gasteiger partial charge in [-0.1, -0.05) is 19.1 Å². The van der Waals surface area contributed by atoms with Gasteiger partial charge in [-0.2, -0.15) is 4.31 Å². The predicted molar refractivity (Wildman–Crippen MR) is 93.5 cm³/mol. The Balaban J connectivity index is 1.90. The topological polar surface area (TPSA) is 66.4 Å². The van der Waals surface area contributed by atoms with E-state index in [-0.39, 0.29) is 6.54 Å². The number of hydrogen-bond acceptors (Lipinski definition) is 5. The van der Waals surface area contributed by atoms with Crippen LogP contribution in [0.5, 0.6) is 0 Å². The number of aromatic nitrogens is 2. The summed E-state index contributed by atoms with van der Waals surface area (Å²) in [6, 6.07) is 7.12. The number of rotatable bonds is 4. The van der Waals surface area contributed by atoms with E-state index >= 15 is 0 Å². The van der Waals surface area contributed by atoms with Crippen LogP contribution in [0.4, 0.5) is 5.82 Å². The highest BCUT2D eigenvalue weighted by Crippen LogP contribution is 2.28. The third kappa shape index (κ3) is 3.01. The zero-order valence-corrected chi connectivity index (χ0v) is 15.0. The Morgan fingerprint density at radius 3 is 2.50 bits per heavy atom. The molecule has 0 atom stereocenters. The molecular weight excluding hydrogens is 324 g/mol. The van der Waals surface area contributed by atoms with E-state index < -0.39 is 10.0 Å². The van der Waals surface area contributed by atoms with Crippen LogP contribution < -0.4 is 4.90 Å². The summed E-state index contributed by atoms with van der Waals surface area (Å²) in [6.45, 7) is 2.78. The van der Waals surface area contributed by atoms with Gasteiger partial charge >= 0.3 is 0 Å². The number of nitrogens with zero attached hydrogens (tertiary/aromatic N) is 4. The molecule has 1 aliphatic heterocycles. The first-order valence-electron chi connectivity index (χ1n) is 8.02. The van der Waals surface area contributed by atoms with E-state index in [0.29, 0.717) is 17.9 Å². The highest BCUT2D eigenvalue weighted by Gasteiger charge is 2.30. The van der Waals surface area contributed by atoms with Gasteiger partial charge < -0.3 is 4.90 Å². The number of aryl methyl sites for hydroxylation is 1. The maximum atomic E-state index is 12.9. The fourth-order valence-electron chi connectivity index (χ4n) is 2.95. The fraction of sp³-hybridized carbons (Fsp3) is 0.412. The van der Waals surface area contributed by atoms with Gasteiger partial charge in [0.25, 0.3) is 0 Å². The molecule has 0 radical (unpaired) electrons. The molecule has 1 aromatic heterocycles. The predicted octanol–water partition coefficient (Wildman–Crippen LogP) is 1.85. The van der Waals surface area contributed by atoms with Crippen molar-refractivity contribution in [3.8, 4) is 0 Å². The third-order valence-corrected chi connectivity index (χ3v) is 6.20. The molecule has 0 saturated heterocycles. The number of fused-ring (bicyclic) bond motifs is 1. The van der Waals surface area contributed by atoms with Crippen LogP contribution in [0.25, 0.3) is 0 Å². The Labute approximate surface area is 143 Å². The molecule has 0 unspecified atom stereocenters. The second-order valence-electron chi connectivity index (χ2n) is 6.10. The molecule has 0 bridgehead atoms. The van der Waals surface area contributed by atoms with Gasteiger partial charge in [0.1, 0.15) is 12.1 Å². The number of sulfonamides is 1. The lowest BCUT2D eigenvalue weighted by Crippen LogP contribution is -2.37. The quantitative estimate of drug-likeness (QED) is 0.845. The highest BCUT2D eigenvalue weighted by atomic mass is 32.2. The summed E-state index contributed by atoms with van der Waals surface area (Å²) in [6.07, 6.45) is 3.01. The Hall–Kier alpha value is -1.99. The zero-order valence-electron chi connectivity index (χ0n) is 14.2. The summed E-state index contributed by atoms with van der Waals surface area (Å²) in [5.74, 6) is 0.865. The minimum Gasteiger partial charge on any atom is -0.362 e. The van der Waals surface area contributed by atoms with Crippen LogP contribution >= 0.6 is 0 Å². The molecule has 24 heavy (non-hydrogen) atoms. The smallest absolute Gasteiger partial charge is 0.243 e. The molecular formula is C17H22N4O2S. The summed E-state index contributed by atoms with van der Waals surface area (Å²) >= 11 is 0. The molecule has 6 nitrogen and oxygen atoms in total. The van der Waals surface area contributed by atoms with Gasteiger partial charge in [-0.25, -0.2) is 18.4 Å². The molecule has 128 valence electrons. The molecule has 3 rings (SSSR count). The summed E-state index contributed by atoms with van der Waals surface area (Å²) < 4.78 is 27.3. The van der Waals surface area contributed by atoms with E-state index in [4.69, 9.17) is 0 Å². The number of hydrogen-bond donors (Lipinski definition) is 0. The minimum absolute atomic E-state index is 0.288. The Morgan fingerprint density at radius 2 is 1.88 bits per heavy atom. The van der Waals surface area contributed by atoms with Gasteiger partial charge in [-0.05, 0) is 30.5 Å². The van der Waals surface area contributed by atoms with Crippen molar-refractivity contribution >= 4 is 15.8 Å². The van der Waals surface area contributed by atoms with Crippen molar-refractivity contribution in [2.45, 2.75) is 31.2 Å². The van der Waals surface area contributed by atoms with Crippen molar-refractivity contribution in [1.82, 2.24) is 14.3 Å². The van der Waals surface area contributed by atoms with Gasteiger partial charge in [-0.3, -0.25) is 0 Å². The lowest BCUT2D eigenvalue weighted by molar-refractivity contribution is 0.385. The van der Waals surface area contributed by atoms with Gasteiger partial charge in [0.15, 0.2) is 0 Å². The fourth-order valence-corrected chi connectivity index (χ4v) is 4.35. The molecule has 1 aromatic carbocycles. The van der Waals surface area contributed by atoms with E-state index in [2.05, 4.69) is 9.97 Å². The normalized spacial score (nSPS) is 15.1. The first-order valence-corrected chi connectivity index (χ1v) is 9.46. The summed E-state index contributed by atoms with van der Waals surface area (Å²) in [4.78, 5) is 10.9. The third-order valence-electron chi connectivity index (χ3n) is 4.34. The monoisotopic (exact) mass is 346 g/mol. The van der Waals surface area contributed by atoms with Crippen molar-refractivity contribution in [3.63, 3.8) is 0 Å². The molecule has 0 N–H and O–H groups in total. The van der Waals surface area contributed by atoms with Crippen molar-refractivity contribution < 1.29 is 8.42 Å². The van der Waals surface area contributed by atoms with Crippen molar-refractivity contribution in [3.05, 3.63) is 47.4 Å². The van der Waals surface area contributed by atoms with Crippen molar-refractivity contribution in [2.75, 3.05) is 25.5 Å². The van der Waals surface area contributed by atoms with E-state index in [0.717, 1.165) is 29.1 Å². The lowest BCUT2D eigenvalue weighted by atomic mass is 10.1. The Kier molecular flexibility index (Phi) is 4.56. The standard InChI is InChI=1S/C17H22N4O2S/c1-4-13-5-7-14(8-6-13)24(22,23)21-10-9-15-16(11-21)18-12-19-17(15)20(2)3/h5-8,12H,4,9-11H2,1-3H3.